The van der Waals surface area contributed by atoms with Gasteiger partial charge in [0.15, 0.2) is 5.76 Å². The smallest absolute Gasteiger partial charge is 0.314 e. The van der Waals surface area contributed by atoms with Gasteiger partial charge in [0, 0.05) is 11.6 Å². The standard InChI is InChI=1S/C31H31N3O4/c1-20-28(33-26-8-5-9-27(32-26)37-25-6-3-2-4-7-25)29(38-34-20)23-12-10-21(11-13-23)22-14-16-24(17-15-22)31(18-19-31)30(35)36/h5,8-17,25H,2-4,6-7,18-19H2,1H3,(H,32,33)(H,35,36). The first-order valence-electron chi connectivity index (χ1n) is 13.3. The molecule has 0 spiro atoms. The average molecular weight is 510 g/mol. The number of carboxylic acids is 1. The van der Waals surface area contributed by atoms with E-state index in [2.05, 4.69) is 15.5 Å². The molecular weight excluding hydrogens is 478 g/mol. The molecule has 0 aliphatic heterocycles. The van der Waals surface area contributed by atoms with E-state index in [0.717, 1.165) is 46.5 Å². The number of anilines is 2. The summed E-state index contributed by atoms with van der Waals surface area (Å²) in [6, 6.07) is 21.7. The number of hydrogen-bond acceptors (Lipinski definition) is 6. The second kappa shape index (κ2) is 9.97. The van der Waals surface area contributed by atoms with E-state index in [4.69, 9.17) is 9.26 Å². The fourth-order valence-electron chi connectivity index (χ4n) is 5.29. The second-order valence-electron chi connectivity index (χ2n) is 10.4. The van der Waals surface area contributed by atoms with Crippen molar-refractivity contribution in [2.45, 2.75) is 63.4 Å². The highest BCUT2D eigenvalue weighted by Gasteiger charge is 2.51. The predicted octanol–water partition coefficient (Wildman–Crippen LogP) is 7.28. The number of aliphatic carboxylic acids is 1. The number of ether oxygens (including phenoxy) is 1. The van der Waals surface area contributed by atoms with E-state index in [1.54, 1.807) is 0 Å². The topological polar surface area (TPSA) is 97.5 Å². The molecule has 2 heterocycles. The van der Waals surface area contributed by atoms with Crippen LogP contribution in [0.5, 0.6) is 5.88 Å². The Morgan fingerprint density at radius 2 is 1.61 bits per heavy atom. The maximum atomic E-state index is 11.6. The Morgan fingerprint density at radius 3 is 2.26 bits per heavy atom. The minimum atomic E-state index is -0.736. The molecule has 2 aromatic heterocycles. The highest BCUT2D eigenvalue weighted by atomic mass is 16.5. The molecule has 38 heavy (non-hydrogen) atoms. The molecular formula is C31H31N3O4. The van der Waals surface area contributed by atoms with E-state index in [0.29, 0.717) is 30.3 Å². The van der Waals surface area contributed by atoms with Gasteiger partial charge in [-0.15, -0.1) is 0 Å². The second-order valence-corrected chi connectivity index (χ2v) is 10.4. The SMILES string of the molecule is Cc1noc(-c2ccc(-c3ccc(C4(C(=O)O)CC4)cc3)cc2)c1Nc1cccc(OC2CCCCC2)n1. The third kappa shape index (κ3) is 4.76. The fourth-order valence-corrected chi connectivity index (χ4v) is 5.29. The van der Waals surface area contributed by atoms with Crippen molar-refractivity contribution in [3.05, 3.63) is 78.0 Å². The van der Waals surface area contributed by atoms with Crippen LogP contribution in [-0.4, -0.2) is 27.3 Å². The van der Waals surface area contributed by atoms with Gasteiger partial charge in [-0.3, -0.25) is 4.79 Å². The van der Waals surface area contributed by atoms with Gasteiger partial charge in [-0.05, 0) is 68.2 Å². The molecule has 7 nitrogen and oxygen atoms in total. The van der Waals surface area contributed by atoms with Gasteiger partial charge in [-0.2, -0.15) is 4.98 Å². The summed E-state index contributed by atoms with van der Waals surface area (Å²) in [5.74, 6) is 1.21. The molecule has 6 rings (SSSR count). The van der Waals surface area contributed by atoms with Crippen LogP contribution in [0.1, 0.15) is 56.2 Å². The molecule has 4 aromatic rings. The molecule has 2 fully saturated rings. The van der Waals surface area contributed by atoms with Gasteiger partial charge in [-0.25, -0.2) is 0 Å². The molecule has 2 aliphatic carbocycles. The van der Waals surface area contributed by atoms with Crippen molar-refractivity contribution >= 4 is 17.5 Å². The number of nitrogens with one attached hydrogen (secondary N) is 1. The lowest BCUT2D eigenvalue weighted by molar-refractivity contribution is -0.140. The first kappa shape index (κ1) is 24.2. The van der Waals surface area contributed by atoms with Crippen molar-refractivity contribution in [2.75, 3.05) is 5.32 Å². The van der Waals surface area contributed by atoms with Gasteiger partial charge in [0.25, 0.3) is 0 Å². The molecule has 2 saturated carbocycles. The zero-order chi connectivity index (χ0) is 26.1. The molecule has 2 aromatic carbocycles. The number of benzene rings is 2. The molecule has 194 valence electrons. The number of aryl methyl sites for hydroxylation is 1. The van der Waals surface area contributed by atoms with Crippen LogP contribution >= 0.6 is 0 Å². The summed E-state index contributed by atoms with van der Waals surface area (Å²) in [5, 5.41) is 17.1. The van der Waals surface area contributed by atoms with Gasteiger partial charge in [0.2, 0.25) is 5.88 Å². The summed E-state index contributed by atoms with van der Waals surface area (Å²) in [6.45, 7) is 1.90. The lowest BCUT2D eigenvalue weighted by Gasteiger charge is -2.22. The van der Waals surface area contributed by atoms with Crippen LogP contribution in [0.25, 0.3) is 22.5 Å². The Labute approximate surface area is 221 Å². The largest absolute Gasteiger partial charge is 0.481 e. The normalized spacial score (nSPS) is 16.7. The van der Waals surface area contributed by atoms with Gasteiger partial charge >= 0.3 is 5.97 Å². The summed E-state index contributed by atoms with van der Waals surface area (Å²) >= 11 is 0. The maximum absolute atomic E-state index is 11.6. The summed E-state index contributed by atoms with van der Waals surface area (Å²) in [6.07, 6.45) is 7.51. The first-order valence-corrected chi connectivity index (χ1v) is 13.3. The Morgan fingerprint density at radius 1 is 0.947 bits per heavy atom. The van der Waals surface area contributed by atoms with E-state index >= 15 is 0 Å². The van der Waals surface area contributed by atoms with Crippen molar-refractivity contribution in [2.24, 2.45) is 0 Å². The third-order valence-electron chi connectivity index (χ3n) is 7.76. The summed E-state index contributed by atoms with van der Waals surface area (Å²) in [7, 11) is 0. The number of carboxylic acid groups (broad SMARTS) is 1. The average Bonchev–Trinajstić information content (AvgIpc) is 3.69. The van der Waals surface area contributed by atoms with Crippen LogP contribution in [0.4, 0.5) is 11.5 Å². The molecule has 0 unspecified atom stereocenters. The number of carbonyl (C=O) groups is 1. The van der Waals surface area contributed by atoms with Crippen LogP contribution in [0.2, 0.25) is 0 Å². The Kier molecular flexibility index (Phi) is 6.35. The van der Waals surface area contributed by atoms with E-state index < -0.39 is 11.4 Å². The highest BCUT2D eigenvalue weighted by Crippen LogP contribution is 2.48. The molecule has 0 bridgehead atoms. The van der Waals surface area contributed by atoms with Gasteiger partial charge < -0.3 is 19.7 Å². The summed E-state index contributed by atoms with van der Waals surface area (Å²) in [5.41, 5.74) is 4.67. The molecule has 0 atom stereocenters. The van der Waals surface area contributed by atoms with Gasteiger partial charge in [0.1, 0.15) is 23.3 Å². The Bertz CT molecular complexity index is 1430. The van der Waals surface area contributed by atoms with Crippen molar-refractivity contribution in [3.8, 4) is 28.3 Å². The third-order valence-corrected chi connectivity index (χ3v) is 7.76. The van der Waals surface area contributed by atoms with E-state index in [-0.39, 0.29) is 6.10 Å². The number of pyridine rings is 1. The molecule has 0 radical (unpaired) electrons. The van der Waals surface area contributed by atoms with Crippen LogP contribution in [-0.2, 0) is 10.2 Å². The van der Waals surface area contributed by atoms with Crippen molar-refractivity contribution in [1.29, 1.82) is 0 Å². The van der Waals surface area contributed by atoms with E-state index in [9.17, 15) is 9.90 Å². The molecule has 2 aliphatic rings. The number of aromatic nitrogens is 2. The predicted molar refractivity (Wildman–Crippen MR) is 146 cm³/mol. The lowest BCUT2D eigenvalue weighted by atomic mass is 9.93. The lowest BCUT2D eigenvalue weighted by Crippen LogP contribution is -2.20. The van der Waals surface area contributed by atoms with Crippen LogP contribution in [0.15, 0.2) is 71.3 Å². The monoisotopic (exact) mass is 509 g/mol. The maximum Gasteiger partial charge on any atom is 0.314 e. The number of hydrogen-bond donors (Lipinski definition) is 2. The van der Waals surface area contributed by atoms with Crippen molar-refractivity contribution in [3.63, 3.8) is 0 Å². The van der Waals surface area contributed by atoms with Crippen LogP contribution < -0.4 is 10.1 Å². The molecule has 0 saturated heterocycles. The van der Waals surface area contributed by atoms with Crippen molar-refractivity contribution < 1.29 is 19.2 Å². The van der Waals surface area contributed by atoms with E-state index in [1.165, 1.54) is 19.3 Å². The van der Waals surface area contributed by atoms with Crippen LogP contribution in [0, 0.1) is 6.92 Å². The summed E-state index contributed by atoms with van der Waals surface area (Å²) in [4.78, 5) is 16.3. The zero-order valence-electron chi connectivity index (χ0n) is 21.4. The van der Waals surface area contributed by atoms with E-state index in [1.807, 2.05) is 73.7 Å². The number of rotatable bonds is 8. The minimum Gasteiger partial charge on any atom is -0.481 e. The molecule has 0 amide bonds. The Hall–Kier alpha value is -4.13. The fraction of sp³-hybridized carbons (Fsp3) is 0.323. The quantitative estimate of drug-likeness (QED) is 0.257. The zero-order valence-corrected chi connectivity index (χ0v) is 21.4. The van der Waals surface area contributed by atoms with Crippen molar-refractivity contribution in [1.82, 2.24) is 10.1 Å². The highest BCUT2D eigenvalue weighted by molar-refractivity contribution is 5.85. The summed E-state index contributed by atoms with van der Waals surface area (Å²) < 4.78 is 11.8. The van der Waals surface area contributed by atoms with Crippen LogP contribution in [0.3, 0.4) is 0 Å². The van der Waals surface area contributed by atoms with Gasteiger partial charge in [0.05, 0.1) is 5.41 Å². The first-order chi connectivity index (χ1) is 18.5. The Balaban J connectivity index is 1.19. The number of nitrogens with zero attached hydrogens (tertiary/aromatic N) is 2. The van der Waals surface area contributed by atoms with Gasteiger partial charge in [-0.1, -0.05) is 66.2 Å². The molecule has 7 heteroatoms. The minimum absolute atomic E-state index is 0.237. The molecule has 2 N–H and O–H groups in total.